The van der Waals surface area contributed by atoms with Gasteiger partial charge in [-0.2, -0.15) is 5.10 Å². The molecule has 0 amide bonds. The van der Waals surface area contributed by atoms with Gasteiger partial charge >= 0.3 is 0 Å². The predicted molar refractivity (Wildman–Crippen MR) is 61.5 cm³/mol. The fourth-order valence-electron chi connectivity index (χ4n) is 1.97. The van der Waals surface area contributed by atoms with Gasteiger partial charge in [0.25, 0.3) is 0 Å². The lowest BCUT2D eigenvalue weighted by atomic mass is 10.2. The first kappa shape index (κ1) is 11.3. The van der Waals surface area contributed by atoms with Crippen LogP contribution < -0.4 is 5.32 Å². The molecule has 88 valence electrons. The summed E-state index contributed by atoms with van der Waals surface area (Å²) in [6.45, 7) is 7.09. The Morgan fingerprint density at radius 1 is 1.50 bits per heavy atom. The second-order valence-electron chi connectivity index (χ2n) is 3.98. The van der Waals surface area contributed by atoms with Crippen molar-refractivity contribution >= 4 is 5.78 Å². The number of Topliss-reactive ketones (excluding diaryl/α,β-unsaturated/α-hetero) is 1. The van der Waals surface area contributed by atoms with Crippen molar-refractivity contribution in [1.82, 2.24) is 20.0 Å². The molecule has 0 aromatic carbocycles. The van der Waals surface area contributed by atoms with Crippen LogP contribution in [0.3, 0.4) is 0 Å². The highest BCUT2D eigenvalue weighted by Crippen LogP contribution is 2.03. The summed E-state index contributed by atoms with van der Waals surface area (Å²) in [5.41, 5.74) is 0.723. The molecule has 0 bridgehead atoms. The van der Waals surface area contributed by atoms with Crippen LogP contribution in [0.2, 0.25) is 0 Å². The third-order valence-electron chi connectivity index (χ3n) is 2.88. The Morgan fingerprint density at radius 2 is 2.25 bits per heavy atom. The molecule has 0 spiro atoms. The Labute approximate surface area is 95.4 Å². The van der Waals surface area contributed by atoms with E-state index in [1.807, 2.05) is 6.92 Å². The van der Waals surface area contributed by atoms with Crippen LogP contribution in [0.1, 0.15) is 17.4 Å². The minimum absolute atomic E-state index is 0.168. The van der Waals surface area contributed by atoms with E-state index in [2.05, 4.69) is 15.3 Å². The average Bonchev–Trinajstić information content (AvgIpc) is 2.78. The van der Waals surface area contributed by atoms with Crippen molar-refractivity contribution in [3.05, 3.63) is 18.0 Å². The first-order valence-electron chi connectivity index (χ1n) is 5.79. The van der Waals surface area contributed by atoms with Gasteiger partial charge in [-0.25, -0.2) is 0 Å². The maximum absolute atomic E-state index is 12.0. The Kier molecular flexibility index (Phi) is 3.69. The van der Waals surface area contributed by atoms with E-state index in [1.54, 1.807) is 16.9 Å². The van der Waals surface area contributed by atoms with Gasteiger partial charge in [0, 0.05) is 38.9 Å². The van der Waals surface area contributed by atoms with Crippen LogP contribution in [-0.4, -0.2) is 53.2 Å². The van der Waals surface area contributed by atoms with E-state index in [-0.39, 0.29) is 5.78 Å². The molecule has 16 heavy (non-hydrogen) atoms. The van der Waals surface area contributed by atoms with E-state index in [0.29, 0.717) is 6.54 Å². The van der Waals surface area contributed by atoms with Gasteiger partial charge in [-0.15, -0.1) is 0 Å². The summed E-state index contributed by atoms with van der Waals surface area (Å²) in [6.07, 6.45) is 1.69. The predicted octanol–water partition coefficient (Wildman–Crippen LogP) is -0.00910. The summed E-state index contributed by atoms with van der Waals surface area (Å²) in [7, 11) is 0. The molecule has 0 saturated carbocycles. The van der Waals surface area contributed by atoms with Crippen LogP contribution in [0, 0.1) is 0 Å². The average molecular weight is 222 g/mol. The molecule has 1 aliphatic rings. The van der Waals surface area contributed by atoms with Crippen LogP contribution in [0.15, 0.2) is 12.3 Å². The number of aryl methyl sites for hydroxylation is 1. The summed E-state index contributed by atoms with van der Waals surface area (Å²) in [5, 5.41) is 7.39. The third-order valence-corrected chi connectivity index (χ3v) is 2.88. The number of nitrogens with zero attached hydrogens (tertiary/aromatic N) is 3. The van der Waals surface area contributed by atoms with Gasteiger partial charge in [-0.1, -0.05) is 0 Å². The van der Waals surface area contributed by atoms with E-state index in [4.69, 9.17) is 0 Å². The number of carbonyl (C=O) groups is 1. The molecule has 0 unspecified atom stereocenters. The van der Waals surface area contributed by atoms with Crippen molar-refractivity contribution in [3.63, 3.8) is 0 Å². The number of aromatic nitrogens is 2. The molecule has 1 aromatic rings. The molecule has 2 heterocycles. The number of rotatable bonds is 4. The number of piperazine rings is 1. The zero-order chi connectivity index (χ0) is 11.4. The molecule has 1 aromatic heterocycles. The SMILES string of the molecule is CCn1nccc1C(=O)CN1CCNCC1. The van der Waals surface area contributed by atoms with Gasteiger partial charge in [0.1, 0.15) is 5.69 Å². The van der Waals surface area contributed by atoms with Gasteiger partial charge in [0.05, 0.1) is 6.54 Å². The minimum Gasteiger partial charge on any atom is -0.314 e. The minimum atomic E-state index is 0.168. The Balaban J connectivity index is 1.96. The number of nitrogens with one attached hydrogen (secondary N) is 1. The van der Waals surface area contributed by atoms with Crippen LogP contribution in [0.4, 0.5) is 0 Å². The molecular weight excluding hydrogens is 204 g/mol. The van der Waals surface area contributed by atoms with Gasteiger partial charge in [0.15, 0.2) is 5.78 Å². The topological polar surface area (TPSA) is 50.2 Å². The molecule has 0 atom stereocenters. The molecule has 1 aliphatic heterocycles. The molecule has 5 heteroatoms. The number of ketones is 1. The number of hydrogen-bond acceptors (Lipinski definition) is 4. The highest BCUT2D eigenvalue weighted by Gasteiger charge is 2.17. The van der Waals surface area contributed by atoms with Crippen LogP contribution in [0.25, 0.3) is 0 Å². The Morgan fingerprint density at radius 3 is 2.94 bits per heavy atom. The first-order valence-corrected chi connectivity index (χ1v) is 5.79. The molecule has 1 saturated heterocycles. The Hall–Kier alpha value is -1.20. The standard InChI is InChI=1S/C11H18N4O/c1-2-15-10(3-4-13-15)11(16)9-14-7-5-12-6-8-14/h3-4,12H,2,5-9H2,1H3. The monoisotopic (exact) mass is 222 g/mol. The van der Waals surface area contributed by atoms with Crippen LogP contribution >= 0.6 is 0 Å². The van der Waals surface area contributed by atoms with Crippen molar-refractivity contribution in [2.24, 2.45) is 0 Å². The van der Waals surface area contributed by atoms with Crippen molar-refractivity contribution in [2.75, 3.05) is 32.7 Å². The Bertz CT molecular complexity index is 355. The lowest BCUT2D eigenvalue weighted by Gasteiger charge is -2.26. The normalized spacial score (nSPS) is 17.6. The summed E-state index contributed by atoms with van der Waals surface area (Å²) in [6, 6.07) is 1.80. The van der Waals surface area contributed by atoms with Gasteiger partial charge < -0.3 is 5.32 Å². The smallest absolute Gasteiger partial charge is 0.194 e. The zero-order valence-electron chi connectivity index (χ0n) is 9.65. The fourth-order valence-corrected chi connectivity index (χ4v) is 1.97. The second-order valence-corrected chi connectivity index (χ2v) is 3.98. The lowest BCUT2D eigenvalue weighted by Crippen LogP contribution is -2.45. The van der Waals surface area contributed by atoms with Crippen molar-refractivity contribution in [1.29, 1.82) is 0 Å². The quantitative estimate of drug-likeness (QED) is 0.728. The molecular formula is C11H18N4O. The molecule has 0 aliphatic carbocycles. The highest BCUT2D eigenvalue weighted by atomic mass is 16.1. The van der Waals surface area contributed by atoms with E-state index in [1.165, 1.54) is 0 Å². The van der Waals surface area contributed by atoms with E-state index >= 15 is 0 Å². The van der Waals surface area contributed by atoms with Crippen LogP contribution in [0.5, 0.6) is 0 Å². The molecule has 5 nitrogen and oxygen atoms in total. The van der Waals surface area contributed by atoms with E-state index in [0.717, 1.165) is 38.4 Å². The van der Waals surface area contributed by atoms with Crippen LogP contribution in [-0.2, 0) is 6.54 Å². The fraction of sp³-hybridized carbons (Fsp3) is 0.636. The second kappa shape index (κ2) is 5.23. The first-order chi connectivity index (χ1) is 7.81. The molecule has 1 fully saturated rings. The summed E-state index contributed by atoms with van der Waals surface area (Å²) in [4.78, 5) is 14.2. The molecule has 0 radical (unpaired) electrons. The maximum atomic E-state index is 12.0. The number of hydrogen-bond donors (Lipinski definition) is 1. The molecule has 2 rings (SSSR count). The summed E-state index contributed by atoms with van der Waals surface area (Å²) < 4.78 is 1.75. The van der Waals surface area contributed by atoms with Crippen molar-refractivity contribution in [3.8, 4) is 0 Å². The van der Waals surface area contributed by atoms with Gasteiger partial charge in [0.2, 0.25) is 0 Å². The summed E-state index contributed by atoms with van der Waals surface area (Å²) >= 11 is 0. The van der Waals surface area contributed by atoms with Gasteiger partial charge in [-0.05, 0) is 13.0 Å². The highest BCUT2D eigenvalue weighted by molar-refractivity contribution is 5.96. The number of carbonyl (C=O) groups excluding carboxylic acids is 1. The van der Waals surface area contributed by atoms with E-state index < -0.39 is 0 Å². The largest absolute Gasteiger partial charge is 0.314 e. The molecule has 1 N–H and O–H groups in total. The maximum Gasteiger partial charge on any atom is 0.194 e. The van der Waals surface area contributed by atoms with E-state index in [9.17, 15) is 4.79 Å². The van der Waals surface area contributed by atoms with Crippen molar-refractivity contribution in [2.45, 2.75) is 13.5 Å². The zero-order valence-corrected chi connectivity index (χ0v) is 9.65. The van der Waals surface area contributed by atoms with Gasteiger partial charge in [-0.3, -0.25) is 14.4 Å². The summed E-state index contributed by atoms with van der Waals surface area (Å²) in [5.74, 6) is 0.168. The third kappa shape index (κ3) is 2.48. The lowest BCUT2D eigenvalue weighted by molar-refractivity contribution is 0.0911. The van der Waals surface area contributed by atoms with Crippen molar-refractivity contribution < 1.29 is 4.79 Å².